The number of halogens is 2. The first kappa shape index (κ1) is 21.0. The summed E-state index contributed by atoms with van der Waals surface area (Å²) in [5.41, 5.74) is 3.08. The zero-order valence-corrected chi connectivity index (χ0v) is 17.4. The lowest BCUT2D eigenvalue weighted by atomic mass is 10.1. The molecule has 1 N–H and O–H groups in total. The number of rotatable bonds is 6. The lowest BCUT2D eigenvalue weighted by Gasteiger charge is -2.18. The SMILES string of the molecule is O=C(COC(=O)[C@H]1CC(=O)N(NC(=O)c2ccccc2Cl)C1)c1ccc(Br)cc1. The number of carbonyl (C=O) groups excluding carboxylic acids is 4. The Balaban J connectivity index is 1.53. The molecule has 7 nitrogen and oxygen atoms in total. The monoisotopic (exact) mass is 478 g/mol. The van der Waals surface area contributed by atoms with Crippen molar-refractivity contribution >= 4 is 51.1 Å². The molecule has 1 aliphatic heterocycles. The smallest absolute Gasteiger partial charge is 0.311 e. The largest absolute Gasteiger partial charge is 0.457 e. The molecule has 0 aromatic heterocycles. The van der Waals surface area contributed by atoms with Gasteiger partial charge >= 0.3 is 5.97 Å². The molecule has 9 heteroatoms. The van der Waals surface area contributed by atoms with E-state index < -0.39 is 30.3 Å². The third kappa shape index (κ3) is 5.21. The van der Waals surface area contributed by atoms with Crippen molar-refractivity contribution in [3.05, 3.63) is 69.2 Å². The summed E-state index contributed by atoms with van der Waals surface area (Å²) in [7, 11) is 0. The van der Waals surface area contributed by atoms with E-state index in [4.69, 9.17) is 16.3 Å². The van der Waals surface area contributed by atoms with E-state index in [0.29, 0.717) is 5.56 Å². The Hall–Kier alpha value is -2.71. The minimum Gasteiger partial charge on any atom is -0.457 e. The van der Waals surface area contributed by atoms with Gasteiger partial charge in [-0.1, -0.05) is 51.8 Å². The molecule has 1 fully saturated rings. The predicted molar refractivity (Wildman–Crippen MR) is 108 cm³/mol. The van der Waals surface area contributed by atoms with Crippen LogP contribution in [-0.2, 0) is 14.3 Å². The topological polar surface area (TPSA) is 92.8 Å². The minimum absolute atomic E-state index is 0.0413. The highest BCUT2D eigenvalue weighted by Gasteiger charge is 2.37. The van der Waals surface area contributed by atoms with Gasteiger partial charge in [-0.15, -0.1) is 0 Å². The van der Waals surface area contributed by atoms with E-state index in [1.54, 1.807) is 42.5 Å². The van der Waals surface area contributed by atoms with E-state index in [0.717, 1.165) is 9.48 Å². The minimum atomic E-state index is -0.772. The third-order valence-corrected chi connectivity index (χ3v) is 5.18. The lowest BCUT2D eigenvalue weighted by molar-refractivity contribution is -0.147. The average Bonchev–Trinajstić information content (AvgIpc) is 3.07. The molecule has 1 aliphatic rings. The van der Waals surface area contributed by atoms with E-state index in [1.165, 1.54) is 6.07 Å². The molecule has 2 aromatic rings. The number of hydrogen-bond acceptors (Lipinski definition) is 5. The van der Waals surface area contributed by atoms with Crippen LogP contribution in [0.4, 0.5) is 0 Å². The van der Waals surface area contributed by atoms with Crippen LogP contribution < -0.4 is 5.43 Å². The van der Waals surface area contributed by atoms with Crippen molar-refractivity contribution < 1.29 is 23.9 Å². The first-order valence-electron chi connectivity index (χ1n) is 8.66. The zero-order chi connectivity index (χ0) is 21.0. The molecule has 0 saturated carbocycles. The second kappa shape index (κ2) is 9.19. The van der Waals surface area contributed by atoms with Crippen molar-refractivity contribution in [2.75, 3.05) is 13.2 Å². The van der Waals surface area contributed by atoms with Gasteiger partial charge in [0.25, 0.3) is 5.91 Å². The maximum absolute atomic E-state index is 12.3. The van der Waals surface area contributed by atoms with Crippen LogP contribution in [0.5, 0.6) is 0 Å². The number of carbonyl (C=O) groups is 4. The Kier molecular flexibility index (Phi) is 6.66. The number of esters is 1. The summed E-state index contributed by atoms with van der Waals surface area (Å²) in [5.74, 6) is -2.76. The molecular formula is C20H16BrClN2O5. The lowest BCUT2D eigenvalue weighted by Crippen LogP contribution is -2.43. The van der Waals surface area contributed by atoms with Crippen LogP contribution in [0, 0.1) is 5.92 Å². The standard InChI is InChI=1S/C20H16BrClN2O5/c21-14-7-5-12(6-8-14)17(25)11-29-20(28)13-9-18(26)24(10-13)23-19(27)15-3-1-2-4-16(15)22/h1-8,13H,9-11H2,(H,23,27)/t13-/m0/s1. The molecule has 0 bridgehead atoms. The van der Waals surface area contributed by atoms with Gasteiger partial charge in [0.15, 0.2) is 12.4 Å². The van der Waals surface area contributed by atoms with Crippen molar-refractivity contribution in [3.8, 4) is 0 Å². The maximum atomic E-state index is 12.3. The maximum Gasteiger partial charge on any atom is 0.311 e. The molecule has 1 heterocycles. The van der Waals surface area contributed by atoms with E-state index in [-0.39, 0.29) is 29.3 Å². The third-order valence-electron chi connectivity index (χ3n) is 4.33. The highest BCUT2D eigenvalue weighted by molar-refractivity contribution is 9.10. The highest BCUT2D eigenvalue weighted by atomic mass is 79.9. The fraction of sp³-hybridized carbons (Fsp3) is 0.200. The number of nitrogens with one attached hydrogen (secondary N) is 1. The van der Waals surface area contributed by atoms with Crippen LogP contribution in [0.1, 0.15) is 27.1 Å². The van der Waals surface area contributed by atoms with Gasteiger partial charge in [0.05, 0.1) is 23.0 Å². The van der Waals surface area contributed by atoms with Crippen molar-refractivity contribution in [1.29, 1.82) is 0 Å². The molecular weight excluding hydrogens is 464 g/mol. The molecule has 150 valence electrons. The number of benzene rings is 2. The van der Waals surface area contributed by atoms with Crippen LogP contribution in [-0.4, -0.2) is 41.7 Å². The summed E-state index contributed by atoms with van der Waals surface area (Å²) in [6.07, 6.45) is -0.117. The molecule has 0 radical (unpaired) electrons. The zero-order valence-electron chi connectivity index (χ0n) is 15.1. The Morgan fingerprint density at radius 1 is 1.14 bits per heavy atom. The fourth-order valence-electron chi connectivity index (χ4n) is 2.78. The summed E-state index contributed by atoms with van der Waals surface area (Å²) in [6.45, 7) is -0.461. The molecule has 29 heavy (non-hydrogen) atoms. The van der Waals surface area contributed by atoms with Gasteiger partial charge in [-0.25, -0.2) is 0 Å². The van der Waals surface area contributed by atoms with Crippen LogP contribution in [0.15, 0.2) is 53.0 Å². The molecule has 2 amide bonds. The van der Waals surface area contributed by atoms with Gasteiger partial charge in [-0.3, -0.25) is 29.6 Å². The summed E-state index contributed by atoms with van der Waals surface area (Å²) in [4.78, 5) is 48.8. The normalized spacial score (nSPS) is 15.9. The Bertz CT molecular complexity index is 964. The summed E-state index contributed by atoms with van der Waals surface area (Å²) in [6, 6.07) is 13.1. The number of Topliss-reactive ketones (excluding diaryl/α,β-unsaturated/α-hetero) is 1. The van der Waals surface area contributed by atoms with Crippen LogP contribution >= 0.6 is 27.5 Å². The van der Waals surface area contributed by atoms with Gasteiger partial charge < -0.3 is 4.74 Å². The Labute approximate surface area is 180 Å². The van der Waals surface area contributed by atoms with Crippen molar-refractivity contribution in [2.45, 2.75) is 6.42 Å². The average molecular weight is 480 g/mol. The molecule has 2 aromatic carbocycles. The van der Waals surface area contributed by atoms with Crippen LogP contribution in [0.2, 0.25) is 5.02 Å². The van der Waals surface area contributed by atoms with E-state index in [9.17, 15) is 19.2 Å². The molecule has 0 unspecified atom stereocenters. The van der Waals surface area contributed by atoms with Crippen LogP contribution in [0.25, 0.3) is 0 Å². The van der Waals surface area contributed by atoms with Gasteiger partial charge in [0, 0.05) is 16.5 Å². The first-order valence-corrected chi connectivity index (χ1v) is 9.83. The number of hydrazine groups is 1. The quantitative estimate of drug-likeness (QED) is 0.508. The first-order chi connectivity index (χ1) is 13.8. The summed E-state index contributed by atoms with van der Waals surface area (Å²) < 4.78 is 5.89. The number of amides is 2. The molecule has 1 atom stereocenters. The number of hydrogen-bond donors (Lipinski definition) is 1. The number of ether oxygens (including phenoxy) is 1. The van der Waals surface area contributed by atoms with Crippen molar-refractivity contribution in [3.63, 3.8) is 0 Å². The second-order valence-corrected chi connectivity index (χ2v) is 7.69. The van der Waals surface area contributed by atoms with E-state index in [2.05, 4.69) is 21.4 Å². The van der Waals surface area contributed by atoms with Gasteiger partial charge in [0.1, 0.15) is 0 Å². The summed E-state index contributed by atoms with van der Waals surface area (Å²) in [5, 5.41) is 1.31. The van der Waals surface area contributed by atoms with E-state index in [1.807, 2.05) is 0 Å². The van der Waals surface area contributed by atoms with Gasteiger partial charge in [0.2, 0.25) is 5.91 Å². The number of nitrogens with zero attached hydrogens (tertiary/aromatic N) is 1. The summed E-state index contributed by atoms with van der Waals surface area (Å²) >= 11 is 9.26. The van der Waals surface area contributed by atoms with Crippen molar-refractivity contribution in [2.24, 2.45) is 5.92 Å². The Morgan fingerprint density at radius 2 is 1.83 bits per heavy atom. The molecule has 0 spiro atoms. The van der Waals surface area contributed by atoms with Gasteiger partial charge in [-0.05, 0) is 24.3 Å². The predicted octanol–water partition coefficient (Wildman–Crippen LogP) is 3.02. The molecule has 0 aliphatic carbocycles. The van der Waals surface area contributed by atoms with Gasteiger partial charge in [-0.2, -0.15) is 0 Å². The fourth-order valence-corrected chi connectivity index (χ4v) is 3.26. The highest BCUT2D eigenvalue weighted by Crippen LogP contribution is 2.20. The van der Waals surface area contributed by atoms with Crippen LogP contribution in [0.3, 0.4) is 0 Å². The van der Waals surface area contributed by atoms with E-state index >= 15 is 0 Å². The van der Waals surface area contributed by atoms with Crippen molar-refractivity contribution in [1.82, 2.24) is 10.4 Å². The molecule has 1 saturated heterocycles. The second-order valence-electron chi connectivity index (χ2n) is 6.36. The number of ketones is 1. The molecule has 3 rings (SSSR count). The Morgan fingerprint density at radius 3 is 2.52 bits per heavy atom.